The molecular formula is C9H21N3. The van der Waals surface area contributed by atoms with Gasteiger partial charge in [0.25, 0.3) is 0 Å². The van der Waals surface area contributed by atoms with Crippen LogP contribution in [0.4, 0.5) is 0 Å². The summed E-state index contributed by atoms with van der Waals surface area (Å²) < 4.78 is 0. The van der Waals surface area contributed by atoms with Gasteiger partial charge in [-0.05, 0) is 40.0 Å². The van der Waals surface area contributed by atoms with Crippen LogP contribution in [0.3, 0.4) is 0 Å². The van der Waals surface area contributed by atoms with Gasteiger partial charge in [0.05, 0.1) is 0 Å². The average molecular weight is 171 g/mol. The molecule has 0 aromatic carbocycles. The van der Waals surface area contributed by atoms with E-state index in [0.29, 0.717) is 0 Å². The molecule has 0 spiro atoms. The molecule has 1 aliphatic heterocycles. The monoisotopic (exact) mass is 171 g/mol. The normalized spacial score (nSPS) is 27.0. The average Bonchev–Trinajstić information content (AvgIpc) is 2.27. The van der Waals surface area contributed by atoms with Gasteiger partial charge in [-0.15, -0.1) is 0 Å². The lowest BCUT2D eigenvalue weighted by Crippen LogP contribution is -2.34. The van der Waals surface area contributed by atoms with Crippen LogP contribution in [-0.2, 0) is 0 Å². The Labute approximate surface area is 75.5 Å². The van der Waals surface area contributed by atoms with Gasteiger partial charge in [-0.2, -0.15) is 0 Å². The van der Waals surface area contributed by atoms with Gasteiger partial charge < -0.3 is 15.5 Å². The Bertz CT molecular complexity index is 116. The molecule has 2 N–H and O–H groups in total. The van der Waals surface area contributed by atoms with Gasteiger partial charge in [0, 0.05) is 19.1 Å². The minimum absolute atomic E-state index is 0.771. The molecule has 0 aromatic rings. The first kappa shape index (κ1) is 9.96. The van der Waals surface area contributed by atoms with Crippen LogP contribution in [0, 0.1) is 0 Å². The largest absolute Gasteiger partial charge is 0.320 e. The molecule has 3 nitrogen and oxygen atoms in total. The van der Waals surface area contributed by atoms with Crippen molar-refractivity contribution in [1.29, 1.82) is 0 Å². The lowest BCUT2D eigenvalue weighted by molar-refractivity contribution is 0.241. The van der Waals surface area contributed by atoms with E-state index in [1.165, 1.54) is 25.9 Å². The van der Waals surface area contributed by atoms with Gasteiger partial charge in [-0.1, -0.05) is 0 Å². The SMILES string of the molecule is CNCCC1CCNCCN1C. The summed E-state index contributed by atoms with van der Waals surface area (Å²) in [6, 6.07) is 0.771. The smallest absolute Gasteiger partial charge is 0.0117 e. The van der Waals surface area contributed by atoms with Gasteiger partial charge >= 0.3 is 0 Å². The second-order valence-electron chi connectivity index (χ2n) is 3.57. The molecule has 1 heterocycles. The number of hydrogen-bond donors (Lipinski definition) is 2. The van der Waals surface area contributed by atoms with E-state index in [9.17, 15) is 0 Å². The molecular weight excluding hydrogens is 150 g/mol. The zero-order valence-electron chi connectivity index (χ0n) is 8.27. The molecule has 12 heavy (non-hydrogen) atoms. The first-order chi connectivity index (χ1) is 5.84. The third-order valence-corrected chi connectivity index (χ3v) is 2.65. The standard InChI is InChI=1S/C9H21N3/c1-10-5-3-9-4-6-11-7-8-12(9)2/h9-11H,3-8H2,1-2H3. The molecule has 1 saturated heterocycles. The molecule has 0 amide bonds. The van der Waals surface area contributed by atoms with Crippen LogP contribution in [0.5, 0.6) is 0 Å². The van der Waals surface area contributed by atoms with E-state index in [4.69, 9.17) is 0 Å². The summed E-state index contributed by atoms with van der Waals surface area (Å²) in [5, 5.41) is 6.63. The van der Waals surface area contributed by atoms with Gasteiger partial charge in [0.2, 0.25) is 0 Å². The summed E-state index contributed by atoms with van der Waals surface area (Å²) in [6.45, 7) is 4.65. The van der Waals surface area contributed by atoms with E-state index in [1.54, 1.807) is 0 Å². The van der Waals surface area contributed by atoms with Crippen molar-refractivity contribution in [2.24, 2.45) is 0 Å². The maximum absolute atomic E-state index is 3.42. The number of nitrogens with zero attached hydrogens (tertiary/aromatic N) is 1. The highest BCUT2D eigenvalue weighted by molar-refractivity contribution is 4.74. The molecule has 0 aliphatic carbocycles. The first-order valence-corrected chi connectivity index (χ1v) is 4.90. The molecule has 1 rings (SSSR count). The van der Waals surface area contributed by atoms with Crippen LogP contribution in [-0.4, -0.2) is 51.2 Å². The number of likely N-dealkylation sites (N-methyl/N-ethyl adjacent to an activating group) is 1. The Kier molecular flexibility index (Phi) is 4.58. The molecule has 1 fully saturated rings. The third kappa shape index (κ3) is 3.09. The van der Waals surface area contributed by atoms with Crippen molar-refractivity contribution < 1.29 is 0 Å². The predicted octanol–water partition coefficient (Wildman–Crippen LogP) is -0.110. The van der Waals surface area contributed by atoms with E-state index in [-0.39, 0.29) is 0 Å². The van der Waals surface area contributed by atoms with Gasteiger partial charge in [-0.25, -0.2) is 0 Å². The fourth-order valence-corrected chi connectivity index (χ4v) is 1.73. The van der Waals surface area contributed by atoms with E-state index in [2.05, 4.69) is 22.6 Å². The Morgan fingerprint density at radius 3 is 3.08 bits per heavy atom. The molecule has 72 valence electrons. The molecule has 3 heteroatoms. The number of hydrogen-bond acceptors (Lipinski definition) is 3. The molecule has 1 atom stereocenters. The van der Waals surface area contributed by atoms with Crippen molar-refractivity contribution in [3.63, 3.8) is 0 Å². The molecule has 0 bridgehead atoms. The van der Waals surface area contributed by atoms with Crippen molar-refractivity contribution in [3.05, 3.63) is 0 Å². The van der Waals surface area contributed by atoms with E-state index in [1.807, 2.05) is 7.05 Å². The van der Waals surface area contributed by atoms with Crippen LogP contribution >= 0.6 is 0 Å². The Balaban J connectivity index is 2.26. The van der Waals surface area contributed by atoms with E-state index in [0.717, 1.165) is 19.1 Å². The summed E-state index contributed by atoms with van der Waals surface area (Å²) in [4.78, 5) is 2.47. The molecule has 0 saturated carbocycles. The molecule has 1 unspecified atom stereocenters. The fourth-order valence-electron chi connectivity index (χ4n) is 1.73. The third-order valence-electron chi connectivity index (χ3n) is 2.65. The van der Waals surface area contributed by atoms with Gasteiger partial charge in [0.15, 0.2) is 0 Å². The Morgan fingerprint density at radius 1 is 1.50 bits per heavy atom. The zero-order chi connectivity index (χ0) is 8.81. The summed E-state index contributed by atoms with van der Waals surface area (Å²) >= 11 is 0. The van der Waals surface area contributed by atoms with Crippen LogP contribution in [0.15, 0.2) is 0 Å². The summed E-state index contributed by atoms with van der Waals surface area (Å²) in [7, 11) is 4.25. The Morgan fingerprint density at radius 2 is 2.33 bits per heavy atom. The van der Waals surface area contributed by atoms with E-state index < -0.39 is 0 Å². The second kappa shape index (κ2) is 5.51. The van der Waals surface area contributed by atoms with Crippen molar-refractivity contribution >= 4 is 0 Å². The van der Waals surface area contributed by atoms with Gasteiger partial charge in [-0.3, -0.25) is 0 Å². The zero-order valence-corrected chi connectivity index (χ0v) is 8.27. The second-order valence-corrected chi connectivity index (χ2v) is 3.57. The molecule has 0 aromatic heterocycles. The first-order valence-electron chi connectivity index (χ1n) is 4.90. The lowest BCUT2D eigenvalue weighted by atomic mass is 10.1. The van der Waals surface area contributed by atoms with Crippen molar-refractivity contribution in [3.8, 4) is 0 Å². The van der Waals surface area contributed by atoms with Crippen molar-refractivity contribution in [1.82, 2.24) is 15.5 Å². The van der Waals surface area contributed by atoms with Crippen LogP contribution in [0.1, 0.15) is 12.8 Å². The van der Waals surface area contributed by atoms with Crippen LogP contribution in [0.2, 0.25) is 0 Å². The van der Waals surface area contributed by atoms with Gasteiger partial charge in [0.1, 0.15) is 0 Å². The van der Waals surface area contributed by atoms with Crippen molar-refractivity contribution in [2.45, 2.75) is 18.9 Å². The summed E-state index contributed by atoms with van der Waals surface area (Å²) in [6.07, 6.45) is 2.56. The molecule has 0 radical (unpaired) electrons. The predicted molar refractivity (Wildman–Crippen MR) is 52.4 cm³/mol. The van der Waals surface area contributed by atoms with Crippen LogP contribution in [0.25, 0.3) is 0 Å². The fraction of sp³-hybridized carbons (Fsp3) is 1.00. The van der Waals surface area contributed by atoms with E-state index >= 15 is 0 Å². The Hall–Kier alpha value is -0.120. The molecule has 1 aliphatic rings. The highest BCUT2D eigenvalue weighted by Crippen LogP contribution is 2.07. The highest BCUT2D eigenvalue weighted by atomic mass is 15.2. The quantitative estimate of drug-likeness (QED) is 0.620. The summed E-state index contributed by atoms with van der Waals surface area (Å²) in [5.41, 5.74) is 0. The summed E-state index contributed by atoms with van der Waals surface area (Å²) in [5.74, 6) is 0. The minimum Gasteiger partial charge on any atom is -0.320 e. The highest BCUT2D eigenvalue weighted by Gasteiger charge is 2.15. The van der Waals surface area contributed by atoms with Crippen molar-refractivity contribution in [2.75, 3.05) is 40.3 Å². The lowest BCUT2D eigenvalue weighted by Gasteiger charge is -2.24. The van der Waals surface area contributed by atoms with Crippen LogP contribution < -0.4 is 10.6 Å². The number of rotatable bonds is 3. The maximum atomic E-state index is 3.42. The maximum Gasteiger partial charge on any atom is 0.0117 e. The minimum atomic E-state index is 0.771. The topological polar surface area (TPSA) is 27.3 Å². The number of nitrogens with one attached hydrogen (secondary N) is 2.